The van der Waals surface area contributed by atoms with Crippen molar-refractivity contribution in [3.63, 3.8) is 0 Å². The maximum Gasteiger partial charge on any atom is 0.318 e. The Hall–Kier alpha value is -1.88. The minimum atomic E-state index is -0.251. The Balaban J connectivity index is 1.61. The fourth-order valence-electron chi connectivity index (χ4n) is 2.22. The summed E-state index contributed by atoms with van der Waals surface area (Å²) in [4.78, 5) is 15.3. The Kier molecular flexibility index (Phi) is 4.20. The molecule has 3 rings (SSSR count). The number of carbonyl (C=O) groups is 1. The smallest absolute Gasteiger partial charge is 0.318 e. The molecule has 2 amide bonds. The van der Waals surface area contributed by atoms with Gasteiger partial charge in [-0.25, -0.2) is 9.18 Å². The molecule has 0 radical (unpaired) electrons. The Bertz CT molecular complexity index is 593. The highest BCUT2D eigenvalue weighted by Gasteiger charge is 2.32. The minimum absolute atomic E-state index is 0.0461. The summed E-state index contributed by atoms with van der Waals surface area (Å²) in [6, 6.07) is 10.6. The third-order valence-electron chi connectivity index (χ3n) is 3.51. The maximum absolute atomic E-state index is 12.9. The first-order chi connectivity index (χ1) is 10.2. The van der Waals surface area contributed by atoms with Crippen LogP contribution in [-0.4, -0.2) is 17.0 Å². The molecule has 3 nitrogen and oxygen atoms in total. The summed E-state index contributed by atoms with van der Waals surface area (Å²) in [6.07, 6.45) is 2.10. The van der Waals surface area contributed by atoms with Crippen LogP contribution in [0.15, 0.2) is 41.8 Å². The molecule has 110 valence electrons. The molecule has 1 aromatic heterocycles. The summed E-state index contributed by atoms with van der Waals surface area (Å²) < 4.78 is 12.9. The van der Waals surface area contributed by atoms with Gasteiger partial charge in [-0.15, -0.1) is 11.3 Å². The number of thiophene rings is 1. The van der Waals surface area contributed by atoms with E-state index >= 15 is 0 Å². The molecule has 0 aliphatic heterocycles. The molecular formula is C16H17FN2OS. The number of hydrogen-bond acceptors (Lipinski definition) is 2. The molecule has 21 heavy (non-hydrogen) atoms. The van der Waals surface area contributed by atoms with Gasteiger partial charge in [0.1, 0.15) is 5.82 Å². The third kappa shape index (κ3) is 3.82. The Morgan fingerprint density at radius 3 is 2.67 bits per heavy atom. The molecule has 1 N–H and O–H groups in total. The van der Waals surface area contributed by atoms with Gasteiger partial charge in [-0.2, -0.15) is 0 Å². The second-order valence-corrected chi connectivity index (χ2v) is 6.26. The van der Waals surface area contributed by atoms with E-state index in [1.165, 1.54) is 12.1 Å². The predicted octanol–water partition coefficient (Wildman–Crippen LogP) is 3.76. The highest BCUT2D eigenvalue weighted by atomic mass is 32.1. The van der Waals surface area contributed by atoms with Crippen molar-refractivity contribution in [2.24, 2.45) is 0 Å². The molecule has 0 atom stereocenters. The average molecular weight is 304 g/mol. The number of halogens is 1. The Labute approximate surface area is 127 Å². The van der Waals surface area contributed by atoms with Crippen LogP contribution in [0, 0.1) is 5.82 Å². The number of nitrogens with one attached hydrogen (secondary N) is 1. The zero-order valence-electron chi connectivity index (χ0n) is 11.6. The molecule has 1 saturated carbocycles. The lowest BCUT2D eigenvalue weighted by Gasteiger charge is -2.23. The van der Waals surface area contributed by atoms with Crippen molar-refractivity contribution in [1.82, 2.24) is 10.2 Å². The number of benzene rings is 1. The van der Waals surface area contributed by atoms with E-state index in [4.69, 9.17) is 0 Å². The summed E-state index contributed by atoms with van der Waals surface area (Å²) >= 11 is 1.63. The van der Waals surface area contributed by atoms with Crippen LogP contribution in [-0.2, 0) is 13.1 Å². The molecular weight excluding hydrogens is 287 g/mol. The van der Waals surface area contributed by atoms with Crippen LogP contribution in [0.1, 0.15) is 23.3 Å². The monoisotopic (exact) mass is 304 g/mol. The SMILES string of the molecule is O=C(NCc1cccs1)N(Cc1ccc(F)cc1)C1CC1. The largest absolute Gasteiger partial charge is 0.333 e. The number of urea groups is 1. The first-order valence-electron chi connectivity index (χ1n) is 7.03. The second-order valence-electron chi connectivity index (χ2n) is 5.22. The number of nitrogens with zero attached hydrogens (tertiary/aromatic N) is 1. The molecule has 0 bridgehead atoms. The van der Waals surface area contributed by atoms with E-state index in [1.54, 1.807) is 23.5 Å². The summed E-state index contributed by atoms with van der Waals surface area (Å²) in [5.74, 6) is -0.251. The van der Waals surface area contributed by atoms with Gasteiger partial charge in [0.15, 0.2) is 0 Å². The molecule has 1 fully saturated rings. The minimum Gasteiger partial charge on any atom is -0.333 e. The van der Waals surface area contributed by atoms with Crippen LogP contribution in [0.4, 0.5) is 9.18 Å². The van der Waals surface area contributed by atoms with E-state index < -0.39 is 0 Å². The van der Waals surface area contributed by atoms with E-state index in [9.17, 15) is 9.18 Å². The number of rotatable bonds is 5. The van der Waals surface area contributed by atoms with E-state index in [-0.39, 0.29) is 11.8 Å². The van der Waals surface area contributed by atoms with Crippen molar-refractivity contribution in [2.45, 2.75) is 32.0 Å². The number of hydrogen-bond donors (Lipinski definition) is 1. The van der Waals surface area contributed by atoms with Crippen LogP contribution >= 0.6 is 11.3 Å². The highest BCUT2D eigenvalue weighted by molar-refractivity contribution is 7.09. The molecule has 0 spiro atoms. The number of amides is 2. The van der Waals surface area contributed by atoms with Crippen molar-refractivity contribution in [2.75, 3.05) is 0 Å². The van der Waals surface area contributed by atoms with Crippen molar-refractivity contribution >= 4 is 17.4 Å². The van der Waals surface area contributed by atoms with Gasteiger partial charge in [-0.3, -0.25) is 0 Å². The fraction of sp³-hybridized carbons (Fsp3) is 0.312. The van der Waals surface area contributed by atoms with E-state index in [0.717, 1.165) is 23.3 Å². The maximum atomic E-state index is 12.9. The second kappa shape index (κ2) is 6.26. The molecule has 0 saturated heterocycles. The van der Waals surface area contributed by atoms with Crippen molar-refractivity contribution in [3.8, 4) is 0 Å². The summed E-state index contributed by atoms with van der Waals surface area (Å²) in [7, 11) is 0. The van der Waals surface area contributed by atoms with Crippen LogP contribution < -0.4 is 5.32 Å². The van der Waals surface area contributed by atoms with Crippen LogP contribution in [0.2, 0.25) is 0 Å². The fourth-order valence-corrected chi connectivity index (χ4v) is 2.86. The lowest BCUT2D eigenvalue weighted by Crippen LogP contribution is -2.40. The molecule has 5 heteroatoms. The van der Waals surface area contributed by atoms with E-state index in [2.05, 4.69) is 5.32 Å². The first-order valence-corrected chi connectivity index (χ1v) is 7.91. The van der Waals surface area contributed by atoms with Crippen molar-refractivity contribution in [1.29, 1.82) is 0 Å². The van der Waals surface area contributed by atoms with Gasteiger partial charge < -0.3 is 10.2 Å². The normalized spacial score (nSPS) is 14.0. The quantitative estimate of drug-likeness (QED) is 0.896. The Morgan fingerprint density at radius 2 is 2.05 bits per heavy atom. The van der Waals surface area contributed by atoms with Gasteiger partial charge in [0, 0.05) is 17.5 Å². The summed E-state index contributed by atoms with van der Waals surface area (Å²) in [5.41, 5.74) is 0.953. The molecule has 0 unspecified atom stereocenters. The molecule has 1 aliphatic carbocycles. The third-order valence-corrected chi connectivity index (χ3v) is 4.39. The summed E-state index contributed by atoms with van der Waals surface area (Å²) in [6.45, 7) is 1.09. The van der Waals surface area contributed by atoms with Crippen molar-refractivity contribution in [3.05, 3.63) is 58.0 Å². The molecule has 1 aliphatic rings. The van der Waals surface area contributed by atoms with Gasteiger partial charge in [0.05, 0.1) is 6.54 Å². The average Bonchev–Trinajstić information content (AvgIpc) is 3.19. The van der Waals surface area contributed by atoms with Crippen molar-refractivity contribution < 1.29 is 9.18 Å². The van der Waals surface area contributed by atoms with Crippen LogP contribution in [0.25, 0.3) is 0 Å². The standard InChI is InChI=1S/C16H17FN2OS/c17-13-5-3-12(4-6-13)11-19(14-7-8-14)16(20)18-10-15-2-1-9-21-15/h1-6,9,14H,7-8,10-11H2,(H,18,20). The molecule has 1 aromatic carbocycles. The molecule has 2 aromatic rings. The lowest BCUT2D eigenvalue weighted by molar-refractivity contribution is 0.191. The number of carbonyl (C=O) groups excluding carboxylic acids is 1. The van der Waals surface area contributed by atoms with Gasteiger partial charge in [0.25, 0.3) is 0 Å². The van der Waals surface area contributed by atoms with Crippen LogP contribution in [0.3, 0.4) is 0 Å². The zero-order chi connectivity index (χ0) is 14.7. The Morgan fingerprint density at radius 1 is 1.29 bits per heavy atom. The lowest BCUT2D eigenvalue weighted by atomic mass is 10.2. The zero-order valence-corrected chi connectivity index (χ0v) is 12.4. The van der Waals surface area contributed by atoms with E-state index in [0.29, 0.717) is 19.1 Å². The topological polar surface area (TPSA) is 32.3 Å². The van der Waals surface area contributed by atoms with Gasteiger partial charge >= 0.3 is 6.03 Å². The molecule has 1 heterocycles. The predicted molar refractivity (Wildman–Crippen MR) is 81.5 cm³/mol. The van der Waals surface area contributed by atoms with Gasteiger partial charge in [-0.1, -0.05) is 18.2 Å². The van der Waals surface area contributed by atoms with Gasteiger partial charge in [0.2, 0.25) is 0 Å². The van der Waals surface area contributed by atoms with E-state index in [1.807, 2.05) is 22.4 Å². The highest BCUT2D eigenvalue weighted by Crippen LogP contribution is 2.28. The van der Waals surface area contributed by atoms with Crippen LogP contribution in [0.5, 0.6) is 0 Å². The first kappa shape index (κ1) is 14.1. The summed E-state index contributed by atoms with van der Waals surface area (Å²) in [5, 5.41) is 4.96. The van der Waals surface area contributed by atoms with Gasteiger partial charge in [-0.05, 0) is 42.0 Å².